The SMILES string of the molecule is CCOCCCN=C(N)NCCc1ccc(OCC)c(OCC)c1. The number of ether oxygens (including phenoxy) is 3. The molecule has 0 heterocycles. The number of aliphatic imine (C=N–C) groups is 1. The average Bonchev–Trinajstić information content (AvgIpc) is 2.57. The molecule has 0 saturated carbocycles. The van der Waals surface area contributed by atoms with Crippen molar-refractivity contribution in [3.05, 3.63) is 23.8 Å². The first-order chi connectivity index (χ1) is 11.7. The van der Waals surface area contributed by atoms with Crippen LogP contribution in [-0.2, 0) is 11.2 Å². The molecular weight excluding hydrogens is 306 g/mol. The van der Waals surface area contributed by atoms with Crippen LogP contribution in [0.25, 0.3) is 0 Å². The van der Waals surface area contributed by atoms with Crippen LogP contribution in [0.3, 0.4) is 0 Å². The topological polar surface area (TPSA) is 78.1 Å². The maximum absolute atomic E-state index is 5.85. The molecule has 6 nitrogen and oxygen atoms in total. The molecule has 0 atom stereocenters. The zero-order valence-corrected chi connectivity index (χ0v) is 15.1. The number of rotatable bonds is 12. The summed E-state index contributed by atoms with van der Waals surface area (Å²) in [5.74, 6) is 2.04. The second-order valence-corrected chi connectivity index (χ2v) is 5.14. The minimum absolute atomic E-state index is 0.475. The van der Waals surface area contributed by atoms with Crippen molar-refractivity contribution in [3.8, 4) is 11.5 Å². The Kier molecular flexibility index (Phi) is 10.4. The molecule has 0 aromatic heterocycles. The fourth-order valence-corrected chi connectivity index (χ4v) is 2.15. The lowest BCUT2D eigenvalue weighted by Gasteiger charge is -2.12. The maximum Gasteiger partial charge on any atom is 0.188 e. The maximum atomic E-state index is 5.85. The average molecular weight is 337 g/mol. The predicted octanol–water partition coefficient (Wildman–Crippen LogP) is 2.36. The molecule has 0 unspecified atom stereocenters. The van der Waals surface area contributed by atoms with Gasteiger partial charge in [0, 0.05) is 26.3 Å². The molecule has 0 aliphatic carbocycles. The summed E-state index contributed by atoms with van der Waals surface area (Å²) >= 11 is 0. The summed E-state index contributed by atoms with van der Waals surface area (Å²) in [6.45, 7) is 10.0. The fourth-order valence-electron chi connectivity index (χ4n) is 2.15. The van der Waals surface area contributed by atoms with E-state index in [2.05, 4.69) is 10.3 Å². The number of hydrogen-bond donors (Lipinski definition) is 2. The van der Waals surface area contributed by atoms with Crippen molar-refractivity contribution in [2.45, 2.75) is 33.6 Å². The Bertz CT molecular complexity index is 492. The molecule has 0 bridgehead atoms. The molecule has 24 heavy (non-hydrogen) atoms. The van der Waals surface area contributed by atoms with Crippen LogP contribution >= 0.6 is 0 Å². The van der Waals surface area contributed by atoms with Gasteiger partial charge in [0.1, 0.15) is 0 Å². The van der Waals surface area contributed by atoms with Gasteiger partial charge in [0.2, 0.25) is 0 Å². The Morgan fingerprint density at radius 3 is 2.54 bits per heavy atom. The Morgan fingerprint density at radius 2 is 1.83 bits per heavy atom. The Labute approximate surface area is 145 Å². The second kappa shape index (κ2) is 12.5. The van der Waals surface area contributed by atoms with Gasteiger partial charge >= 0.3 is 0 Å². The summed E-state index contributed by atoms with van der Waals surface area (Å²) in [6.07, 6.45) is 1.72. The van der Waals surface area contributed by atoms with E-state index >= 15 is 0 Å². The minimum atomic E-state index is 0.475. The second-order valence-electron chi connectivity index (χ2n) is 5.14. The molecule has 3 N–H and O–H groups in total. The van der Waals surface area contributed by atoms with E-state index < -0.39 is 0 Å². The minimum Gasteiger partial charge on any atom is -0.490 e. The smallest absolute Gasteiger partial charge is 0.188 e. The molecule has 0 aliphatic heterocycles. The predicted molar refractivity (Wildman–Crippen MR) is 98.1 cm³/mol. The van der Waals surface area contributed by atoms with Crippen molar-refractivity contribution < 1.29 is 14.2 Å². The Morgan fingerprint density at radius 1 is 1.08 bits per heavy atom. The monoisotopic (exact) mass is 337 g/mol. The first kappa shape index (κ1) is 20.1. The number of hydrogen-bond acceptors (Lipinski definition) is 4. The van der Waals surface area contributed by atoms with Crippen LogP contribution in [0, 0.1) is 0 Å². The van der Waals surface area contributed by atoms with Crippen LogP contribution in [0.5, 0.6) is 11.5 Å². The lowest BCUT2D eigenvalue weighted by atomic mass is 10.1. The highest BCUT2D eigenvalue weighted by atomic mass is 16.5. The van der Waals surface area contributed by atoms with E-state index in [-0.39, 0.29) is 0 Å². The van der Waals surface area contributed by atoms with Crippen LogP contribution in [0.2, 0.25) is 0 Å². The molecule has 0 fully saturated rings. The van der Waals surface area contributed by atoms with Gasteiger partial charge in [-0.2, -0.15) is 0 Å². The van der Waals surface area contributed by atoms with Crippen molar-refractivity contribution in [1.29, 1.82) is 0 Å². The highest BCUT2D eigenvalue weighted by Crippen LogP contribution is 2.28. The molecule has 1 rings (SSSR count). The Balaban J connectivity index is 2.41. The molecule has 136 valence electrons. The van der Waals surface area contributed by atoms with Crippen molar-refractivity contribution in [2.75, 3.05) is 39.5 Å². The summed E-state index contributed by atoms with van der Waals surface area (Å²) < 4.78 is 16.5. The zero-order valence-electron chi connectivity index (χ0n) is 15.1. The van der Waals surface area contributed by atoms with Gasteiger partial charge < -0.3 is 25.3 Å². The number of nitrogens with zero attached hydrogens (tertiary/aromatic N) is 1. The first-order valence-electron chi connectivity index (χ1n) is 8.71. The van der Waals surface area contributed by atoms with E-state index in [0.717, 1.165) is 44.1 Å². The van der Waals surface area contributed by atoms with Crippen molar-refractivity contribution in [3.63, 3.8) is 0 Å². The highest BCUT2D eigenvalue weighted by molar-refractivity contribution is 5.77. The number of guanidine groups is 1. The molecule has 6 heteroatoms. The van der Waals surface area contributed by atoms with Crippen LogP contribution in [-0.4, -0.2) is 45.5 Å². The molecule has 1 aromatic rings. The van der Waals surface area contributed by atoms with E-state index in [9.17, 15) is 0 Å². The summed E-state index contributed by atoms with van der Waals surface area (Å²) in [6, 6.07) is 6.02. The third-order valence-electron chi connectivity index (χ3n) is 3.26. The van der Waals surface area contributed by atoms with Gasteiger partial charge in [-0.25, -0.2) is 0 Å². The van der Waals surface area contributed by atoms with Crippen LogP contribution < -0.4 is 20.5 Å². The zero-order chi connectivity index (χ0) is 17.6. The molecule has 0 radical (unpaired) electrons. The van der Waals surface area contributed by atoms with E-state index in [0.29, 0.717) is 25.7 Å². The molecular formula is C18H31N3O3. The normalized spacial score (nSPS) is 11.4. The van der Waals surface area contributed by atoms with Gasteiger partial charge in [-0.1, -0.05) is 6.07 Å². The van der Waals surface area contributed by atoms with Gasteiger partial charge in [-0.05, 0) is 51.3 Å². The summed E-state index contributed by atoms with van der Waals surface area (Å²) in [5.41, 5.74) is 7.01. The molecule has 0 saturated heterocycles. The summed E-state index contributed by atoms with van der Waals surface area (Å²) in [5, 5.41) is 3.13. The summed E-state index contributed by atoms with van der Waals surface area (Å²) in [4.78, 5) is 4.27. The van der Waals surface area contributed by atoms with E-state index in [1.807, 2.05) is 39.0 Å². The first-order valence-corrected chi connectivity index (χ1v) is 8.71. The van der Waals surface area contributed by atoms with Crippen LogP contribution in [0.1, 0.15) is 32.8 Å². The van der Waals surface area contributed by atoms with E-state index in [1.165, 1.54) is 5.56 Å². The van der Waals surface area contributed by atoms with Crippen molar-refractivity contribution >= 4 is 5.96 Å². The van der Waals surface area contributed by atoms with E-state index in [4.69, 9.17) is 19.9 Å². The highest BCUT2D eigenvalue weighted by Gasteiger charge is 2.06. The van der Waals surface area contributed by atoms with Gasteiger partial charge in [-0.15, -0.1) is 0 Å². The lowest BCUT2D eigenvalue weighted by molar-refractivity contribution is 0.146. The quantitative estimate of drug-likeness (QED) is 0.348. The Hall–Kier alpha value is -1.95. The summed E-state index contributed by atoms with van der Waals surface area (Å²) in [7, 11) is 0. The van der Waals surface area contributed by atoms with Crippen LogP contribution in [0.15, 0.2) is 23.2 Å². The van der Waals surface area contributed by atoms with Crippen molar-refractivity contribution in [2.24, 2.45) is 10.7 Å². The third-order valence-corrected chi connectivity index (χ3v) is 3.26. The standard InChI is InChI=1S/C18H31N3O3/c1-4-22-13-7-11-20-18(19)21-12-10-15-8-9-16(23-5-2)17(14-15)24-6-3/h8-9,14H,4-7,10-13H2,1-3H3,(H3,19,20,21). The van der Waals surface area contributed by atoms with Gasteiger partial charge in [0.05, 0.1) is 13.2 Å². The largest absolute Gasteiger partial charge is 0.490 e. The number of nitrogens with one attached hydrogen (secondary N) is 1. The van der Waals surface area contributed by atoms with Gasteiger partial charge in [0.25, 0.3) is 0 Å². The molecule has 0 spiro atoms. The van der Waals surface area contributed by atoms with Gasteiger partial charge in [-0.3, -0.25) is 4.99 Å². The fraction of sp³-hybridized carbons (Fsp3) is 0.611. The van der Waals surface area contributed by atoms with Gasteiger partial charge in [0.15, 0.2) is 17.5 Å². The lowest BCUT2D eigenvalue weighted by Crippen LogP contribution is -2.33. The van der Waals surface area contributed by atoms with E-state index in [1.54, 1.807) is 0 Å². The van der Waals surface area contributed by atoms with Crippen molar-refractivity contribution in [1.82, 2.24) is 5.32 Å². The molecule has 0 aliphatic rings. The molecule has 0 amide bonds. The van der Waals surface area contributed by atoms with Crippen LogP contribution in [0.4, 0.5) is 0 Å². The number of nitrogens with two attached hydrogens (primary N) is 1. The number of benzene rings is 1. The molecule has 1 aromatic carbocycles. The third kappa shape index (κ3) is 8.06.